The summed E-state index contributed by atoms with van der Waals surface area (Å²) in [4.78, 5) is 16.0. The molecule has 2 rings (SSSR count). The first-order valence-electron chi connectivity index (χ1n) is 5.27. The Labute approximate surface area is 104 Å². The number of rotatable bonds is 3. The number of nitrogen functional groups attached to an aromatic ring is 1. The van der Waals surface area contributed by atoms with Gasteiger partial charge in [-0.25, -0.2) is 0 Å². The van der Waals surface area contributed by atoms with Gasteiger partial charge in [-0.05, 0) is 19.1 Å². The van der Waals surface area contributed by atoms with Crippen LogP contribution >= 0.6 is 0 Å². The monoisotopic (exact) mass is 247 g/mol. The Morgan fingerprint density at radius 1 is 1.50 bits per heavy atom. The molecule has 1 heterocycles. The minimum Gasteiger partial charge on any atom is -0.494 e. The van der Waals surface area contributed by atoms with Crippen molar-refractivity contribution in [2.24, 2.45) is 0 Å². The van der Waals surface area contributed by atoms with Crippen molar-refractivity contribution in [1.82, 2.24) is 4.98 Å². The maximum Gasteiger partial charge on any atom is 0.301 e. The zero-order valence-electron chi connectivity index (χ0n) is 10.1. The lowest BCUT2D eigenvalue weighted by molar-refractivity contribution is 0.102. The molecule has 18 heavy (non-hydrogen) atoms. The van der Waals surface area contributed by atoms with Crippen LogP contribution in [-0.4, -0.2) is 18.0 Å². The van der Waals surface area contributed by atoms with Crippen LogP contribution in [0.1, 0.15) is 16.1 Å². The zero-order chi connectivity index (χ0) is 13.1. The Morgan fingerprint density at radius 3 is 2.89 bits per heavy atom. The van der Waals surface area contributed by atoms with Gasteiger partial charge in [0.15, 0.2) is 5.75 Å². The third kappa shape index (κ3) is 2.27. The number of amides is 1. The Kier molecular flexibility index (Phi) is 3.18. The number of oxazole rings is 1. The standard InChI is InChI=1S/C12H13N3O3/c1-7-6-18-12(14-7)15-11(16)8-4-3-5-9(13)10(8)17-2/h3-6H,13H2,1-2H3,(H,14,15,16). The molecule has 0 bridgehead atoms. The van der Waals surface area contributed by atoms with Crippen LogP contribution in [-0.2, 0) is 0 Å². The number of hydrogen-bond donors (Lipinski definition) is 2. The summed E-state index contributed by atoms with van der Waals surface area (Å²) in [6, 6.07) is 5.08. The maximum absolute atomic E-state index is 12.0. The van der Waals surface area contributed by atoms with Crippen molar-refractivity contribution in [1.29, 1.82) is 0 Å². The molecule has 0 aliphatic carbocycles. The normalized spacial score (nSPS) is 10.1. The number of carbonyl (C=O) groups excluding carboxylic acids is 1. The molecule has 2 aromatic rings. The second-order valence-electron chi connectivity index (χ2n) is 3.68. The molecule has 6 heteroatoms. The third-order valence-electron chi connectivity index (χ3n) is 2.33. The van der Waals surface area contributed by atoms with E-state index in [1.165, 1.54) is 13.4 Å². The molecule has 0 aliphatic heterocycles. The van der Waals surface area contributed by atoms with E-state index in [0.717, 1.165) is 0 Å². The smallest absolute Gasteiger partial charge is 0.301 e. The summed E-state index contributed by atoms with van der Waals surface area (Å²) in [7, 11) is 1.46. The Morgan fingerprint density at radius 2 is 2.28 bits per heavy atom. The summed E-state index contributed by atoms with van der Waals surface area (Å²) < 4.78 is 10.1. The number of nitrogens with zero attached hydrogens (tertiary/aromatic N) is 1. The Bertz CT molecular complexity index is 578. The van der Waals surface area contributed by atoms with Crippen molar-refractivity contribution in [3.8, 4) is 5.75 Å². The van der Waals surface area contributed by atoms with Crippen molar-refractivity contribution < 1.29 is 13.9 Å². The fourth-order valence-electron chi connectivity index (χ4n) is 1.54. The predicted octanol–water partition coefficient (Wildman–Crippen LogP) is 1.83. The molecular formula is C12H13N3O3. The van der Waals surface area contributed by atoms with Crippen LogP contribution in [0.5, 0.6) is 5.75 Å². The average Bonchev–Trinajstić information content (AvgIpc) is 2.74. The first kappa shape index (κ1) is 12.0. The number of aromatic nitrogens is 1. The number of benzene rings is 1. The van der Waals surface area contributed by atoms with E-state index in [0.29, 0.717) is 22.7 Å². The SMILES string of the molecule is COc1c(N)cccc1C(=O)Nc1nc(C)co1. The van der Waals surface area contributed by atoms with Crippen LogP contribution in [0.25, 0.3) is 0 Å². The molecule has 6 nitrogen and oxygen atoms in total. The number of nitrogens with two attached hydrogens (primary N) is 1. The molecule has 0 aliphatic rings. The predicted molar refractivity (Wildman–Crippen MR) is 66.6 cm³/mol. The summed E-state index contributed by atoms with van der Waals surface area (Å²) in [5, 5.41) is 2.53. The third-order valence-corrected chi connectivity index (χ3v) is 2.33. The quantitative estimate of drug-likeness (QED) is 0.807. The van der Waals surface area contributed by atoms with E-state index in [4.69, 9.17) is 14.9 Å². The van der Waals surface area contributed by atoms with Crippen LogP contribution in [0, 0.1) is 6.92 Å². The summed E-state index contributed by atoms with van der Waals surface area (Å²) in [5.74, 6) is -0.0562. The summed E-state index contributed by atoms with van der Waals surface area (Å²) in [6.07, 6.45) is 1.45. The lowest BCUT2D eigenvalue weighted by atomic mass is 10.1. The van der Waals surface area contributed by atoms with Gasteiger partial charge in [0, 0.05) is 0 Å². The number of carbonyl (C=O) groups is 1. The minimum absolute atomic E-state index is 0.141. The highest BCUT2D eigenvalue weighted by Gasteiger charge is 2.16. The lowest BCUT2D eigenvalue weighted by Gasteiger charge is -2.09. The molecule has 0 radical (unpaired) electrons. The Hall–Kier alpha value is -2.50. The first-order valence-corrected chi connectivity index (χ1v) is 5.27. The number of methoxy groups -OCH3 is 1. The summed E-state index contributed by atoms with van der Waals surface area (Å²) in [6.45, 7) is 1.76. The molecule has 0 unspecified atom stereocenters. The van der Waals surface area contributed by atoms with Crippen molar-refractivity contribution in [3.05, 3.63) is 35.7 Å². The number of ether oxygens (including phenoxy) is 1. The van der Waals surface area contributed by atoms with E-state index in [1.807, 2.05) is 0 Å². The molecule has 1 aromatic heterocycles. The van der Waals surface area contributed by atoms with E-state index >= 15 is 0 Å². The molecule has 3 N–H and O–H groups in total. The topological polar surface area (TPSA) is 90.4 Å². The van der Waals surface area contributed by atoms with Crippen molar-refractivity contribution >= 4 is 17.6 Å². The molecule has 0 saturated heterocycles. The number of anilines is 2. The van der Waals surface area contributed by atoms with E-state index < -0.39 is 0 Å². The molecule has 94 valence electrons. The van der Waals surface area contributed by atoms with E-state index in [1.54, 1.807) is 25.1 Å². The molecule has 0 atom stereocenters. The minimum atomic E-state index is -0.388. The van der Waals surface area contributed by atoms with E-state index in [-0.39, 0.29) is 11.9 Å². The van der Waals surface area contributed by atoms with Gasteiger partial charge in [-0.2, -0.15) is 4.98 Å². The van der Waals surface area contributed by atoms with Gasteiger partial charge in [0.25, 0.3) is 5.91 Å². The van der Waals surface area contributed by atoms with Crippen molar-refractivity contribution in [3.63, 3.8) is 0 Å². The Balaban J connectivity index is 2.26. The first-order chi connectivity index (χ1) is 8.61. The number of nitrogens with one attached hydrogen (secondary N) is 1. The van der Waals surface area contributed by atoms with E-state index in [9.17, 15) is 4.79 Å². The van der Waals surface area contributed by atoms with Gasteiger partial charge in [-0.1, -0.05) is 6.07 Å². The zero-order valence-corrected chi connectivity index (χ0v) is 10.1. The van der Waals surface area contributed by atoms with Crippen LogP contribution in [0.15, 0.2) is 28.9 Å². The van der Waals surface area contributed by atoms with Gasteiger partial charge in [-0.3, -0.25) is 10.1 Å². The molecule has 1 aromatic carbocycles. The largest absolute Gasteiger partial charge is 0.494 e. The van der Waals surface area contributed by atoms with Gasteiger partial charge in [0.1, 0.15) is 6.26 Å². The number of para-hydroxylation sites is 1. The highest BCUT2D eigenvalue weighted by atomic mass is 16.5. The second kappa shape index (κ2) is 4.79. The van der Waals surface area contributed by atoms with Crippen LogP contribution in [0.3, 0.4) is 0 Å². The van der Waals surface area contributed by atoms with Crippen LogP contribution in [0.2, 0.25) is 0 Å². The van der Waals surface area contributed by atoms with Crippen molar-refractivity contribution in [2.75, 3.05) is 18.2 Å². The fraction of sp³-hybridized carbons (Fsp3) is 0.167. The summed E-state index contributed by atoms with van der Waals surface area (Å²) >= 11 is 0. The molecule has 1 amide bonds. The van der Waals surface area contributed by atoms with Gasteiger partial charge in [0.05, 0.1) is 24.1 Å². The van der Waals surface area contributed by atoms with Crippen LogP contribution < -0.4 is 15.8 Å². The number of aryl methyl sites for hydroxylation is 1. The average molecular weight is 247 g/mol. The second-order valence-corrected chi connectivity index (χ2v) is 3.68. The maximum atomic E-state index is 12.0. The lowest BCUT2D eigenvalue weighted by Crippen LogP contribution is -2.14. The molecular weight excluding hydrogens is 234 g/mol. The molecule has 0 saturated carbocycles. The van der Waals surface area contributed by atoms with Gasteiger partial charge >= 0.3 is 6.01 Å². The summed E-state index contributed by atoms with van der Waals surface area (Å²) in [5.41, 5.74) is 7.13. The highest BCUT2D eigenvalue weighted by Crippen LogP contribution is 2.26. The highest BCUT2D eigenvalue weighted by molar-refractivity contribution is 6.06. The van der Waals surface area contributed by atoms with Gasteiger partial charge < -0.3 is 14.9 Å². The van der Waals surface area contributed by atoms with Gasteiger partial charge in [0.2, 0.25) is 0 Å². The number of hydrogen-bond acceptors (Lipinski definition) is 5. The fourth-order valence-corrected chi connectivity index (χ4v) is 1.54. The van der Waals surface area contributed by atoms with Crippen molar-refractivity contribution in [2.45, 2.75) is 6.92 Å². The van der Waals surface area contributed by atoms with Gasteiger partial charge in [-0.15, -0.1) is 0 Å². The molecule has 0 spiro atoms. The van der Waals surface area contributed by atoms with E-state index in [2.05, 4.69) is 10.3 Å². The molecule has 0 fully saturated rings. The van der Waals surface area contributed by atoms with Crippen LogP contribution in [0.4, 0.5) is 11.7 Å².